The molecule has 0 atom stereocenters. The summed E-state index contributed by atoms with van der Waals surface area (Å²) in [6.07, 6.45) is 1.56. The molecule has 0 unspecified atom stereocenters. The Hall–Kier alpha value is -3.70. The summed E-state index contributed by atoms with van der Waals surface area (Å²) in [6, 6.07) is 13.0. The van der Waals surface area contributed by atoms with Crippen LogP contribution in [0.1, 0.15) is 11.1 Å². The Morgan fingerprint density at radius 1 is 1.12 bits per heavy atom. The first kappa shape index (κ1) is 23.5. The standard InChI is InChI=1S/C23H21N3O7S/c27-21(24-9-11-32-12-10-24)14-25-22(28)20(34-23(25)29)13-17-3-1-2-4-19(17)33-15-16-5-7-18(8-6-16)26(30)31/h1-8,13H,9-12,14-15H2/b20-13-. The van der Waals surface area contributed by atoms with Crippen molar-refractivity contribution >= 4 is 40.6 Å². The Kier molecular flexibility index (Phi) is 7.24. The number of morpholine rings is 1. The van der Waals surface area contributed by atoms with Gasteiger partial charge in [0, 0.05) is 30.8 Å². The van der Waals surface area contributed by atoms with E-state index in [9.17, 15) is 24.5 Å². The van der Waals surface area contributed by atoms with E-state index < -0.39 is 16.1 Å². The van der Waals surface area contributed by atoms with E-state index in [-0.39, 0.29) is 29.7 Å². The quantitative estimate of drug-likeness (QED) is 0.335. The van der Waals surface area contributed by atoms with Gasteiger partial charge in [0.2, 0.25) is 5.91 Å². The second-order valence-corrected chi connectivity index (χ2v) is 8.50. The van der Waals surface area contributed by atoms with Crippen LogP contribution in [0.5, 0.6) is 5.75 Å². The molecule has 2 aromatic rings. The van der Waals surface area contributed by atoms with Gasteiger partial charge >= 0.3 is 0 Å². The number of rotatable bonds is 7. The second-order valence-electron chi connectivity index (χ2n) is 7.51. The SMILES string of the molecule is O=C(CN1C(=O)S/C(=C\c2ccccc2OCc2ccc([N+](=O)[O-])cc2)C1=O)N1CCOCC1. The predicted octanol–water partition coefficient (Wildman–Crippen LogP) is 3.07. The van der Waals surface area contributed by atoms with E-state index in [1.165, 1.54) is 12.1 Å². The Bertz CT molecular complexity index is 1140. The van der Waals surface area contributed by atoms with Gasteiger partial charge in [0.25, 0.3) is 16.8 Å². The maximum Gasteiger partial charge on any atom is 0.294 e. The fourth-order valence-electron chi connectivity index (χ4n) is 3.43. The van der Waals surface area contributed by atoms with Gasteiger partial charge in [0.1, 0.15) is 18.9 Å². The van der Waals surface area contributed by atoms with Crippen LogP contribution < -0.4 is 4.74 Å². The average molecular weight is 484 g/mol. The van der Waals surface area contributed by atoms with E-state index >= 15 is 0 Å². The Morgan fingerprint density at radius 2 is 1.82 bits per heavy atom. The number of carbonyl (C=O) groups is 3. The molecule has 0 saturated carbocycles. The Balaban J connectivity index is 1.44. The van der Waals surface area contributed by atoms with E-state index in [0.29, 0.717) is 37.6 Å². The molecule has 11 heteroatoms. The first-order valence-electron chi connectivity index (χ1n) is 10.5. The highest BCUT2D eigenvalue weighted by Crippen LogP contribution is 2.34. The fraction of sp³-hybridized carbons (Fsp3) is 0.261. The molecular weight excluding hydrogens is 462 g/mol. The summed E-state index contributed by atoms with van der Waals surface area (Å²) in [5.41, 5.74) is 1.32. The number of ether oxygens (including phenoxy) is 2. The molecule has 2 fully saturated rings. The summed E-state index contributed by atoms with van der Waals surface area (Å²) in [5, 5.41) is 10.3. The molecule has 10 nitrogen and oxygen atoms in total. The molecular formula is C23H21N3O7S. The van der Waals surface area contributed by atoms with Crippen molar-refractivity contribution in [3.05, 3.63) is 74.7 Å². The van der Waals surface area contributed by atoms with E-state index in [0.717, 1.165) is 22.2 Å². The van der Waals surface area contributed by atoms with Crippen molar-refractivity contribution in [3.63, 3.8) is 0 Å². The molecule has 0 bridgehead atoms. The number of benzene rings is 2. The number of thioether (sulfide) groups is 1. The van der Waals surface area contributed by atoms with Gasteiger partial charge in [-0.15, -0.1) is 0 Å². The molecule has 0 radical (unpaired) electrons. The monoisotopic (exact) mass is 483 g/mol. The van der Waals surface area contributed by atoms with Crippen molar-refractivity contribution < 1.29 is 28.8 Å². The van der Waals surface area contributed by atoms with Crippen LogP contribution in [0, 0.1) is 10.1 Å². The largest absolute Gasteiger partial charge is 0.488 e. The van der Waals surface area contributed by atoms with Crippen LogP contribution in [0.4, 0.5) is 10.5 Å². The molecule has 0 N–H and O–H groups in total. The van der Waals surface area contributed by atoms with Crippen LogP contribution in [0.3, 0.4) is 0 Å². The molecule has 0 aliphatic carbocycles. The van der Waals surface area contributed by atoms with Crippen molar-refractivity contribution in [3.8, 4) is 5.75 Å². The van der Waals surface area contributed by atoms with Crippen LogP contribution in [-0.4, -0.2) is 64.6 Å². The molecule has 0 spiro atoms. The van der Waals surface area contributed by atoms with Crippen molar-refractivity contribution in [2.45, 2.75) is 6.61 Å². The van der Waals surface area contributed by atoms with Gasteiger partial charge < -0.3 is 14.4 Å². The smallest absolute Gasteiger partial charge is 0.294 e. The number of nitrogens with zero attached hydrogens (tertiary/aromatic N) is 3. The third-order valence-corrected chi connectivity index (χ3v) is 6.19. The van der Waals surface area contributed by atoms with Crippen molar-refractivity contribution in [2.24, 2.45) is 0 Å². The number of carbonyl (C=O) groups excluding carboxylic acids is 3. The van der Waals surface area contributed by atoms with Gasteiger partial charge in [-0.05, 0) is 41.6 Å². The van der Waals surface area contributed by atoms with Gasteiger partial charge in [-0.3, -0.25) is 29.4 Å². The lowest BCUT2D eigenvalue weighted by atomic mass is 10.1. The summed E-state index contributed by atoms with van der Waals surface area (Å²) in [6.45, 7) is 1.60. The Labute approximate surface area is 199 Å². The molecule has 34 heavy (non-hydrogen) atoms. The number of para-hydroxylation sites is 1. The first-order chi connectivity index (χ1) is 16.4. The minimum atomic E-state index is -0.526. The topological polar surface area (TPSA) is 119 Å². The van der Waals surface area contributed by atoms with E-state index in [2.05, 4.69) is 0 Å². The van der Waals surface area contributed by atoms with Crippen molar-refractivity contribution in [2.75, 3.05) is 32.8 Å². The minimum Gasteiger partial charge on any atom is -0.488 e. The molecule has 2 aromatic carbocycles. The average Bonchev–Trinajstić information content (AvgIpc) is 3.11. The van der Waals surface area contributed by atoms with E-state index in [4.69, 9.17) is 9.47 Å². The number of nitro groups is 1. The van der Waals surface area contributed by atoms with Gasteiger partial charge in [-0.2, -0.15) is 0 Å². The number of non-ortho nitro benzene ring substituents is 1. The van der Waals surface area contributed by atoms with E-state index in [1.54, 1.807) is 47.4 Å². The van der Waals surface area contributed by atoms with Gasteiger partial charge in [-0.1, -0.05) is 18.2 Å². The number of hydrogen-bond donors (Lipinski definition) is 0. The molecule has 2 aliphatic heterocycles. The third kappa shape index (κ3) is 5.43. The van der Waals surface area contributed by atoms with Crippen LogP contribution in [0.15, 0.2) is 53.4 Å². The van der Waals surface area contributed by atoms with Gasteiger partial charge in [0.15, 0.2) is 0 Å². The Morgan fingerprint density at radius 3 is 2.53 bits per heavy atom. The molecule has 2 saturated heterocycles. The van der Waals surface area contributed by atoms with Gasteiger partial charge in [0.05, 0.1) is 23.0 Å². The molecule has 0 aromatic heterocycles. The number of hydrogen-bond acceptors (Lipinski definition) is 8. The van der Waals surface area contributed by atoms with Crippen molar-refractivity contribution in [1.29, 1.82) is 0 Å². The number of nitro benzene ring substituents is 1. The summed E-state index contributed by atoms with van der Waals surface area (Å²) in [4.78, 5) is 50.8. The van der Waals surface area contributed by atoms with Gasteiger partial charge in [-0.25, -0.2) is 0 Å². The van der Waals surface area contributed by atoms with Crippen LogP contribution in [0.25, 0.3) is 6.08 Å². The zero-order valence-corrected chi connectivity index (χ0v) is 18.9. The van der Waals surface area contributed by atoms with Crippen molar-refractivity contribution in [1.82, 2.24) is 9.80 Å². The maximum absolute atomic E-state index is 12.8. The lowest BCUT2D eigenvalue weighted by molar-refractivity contribution is -0.384. The second kappa shape index (κ2) is 10.5. The van der Waals surface area contributed by atoms with Crippen LogP contribution >= 0.6 is 11.8 Å². The third-order valence-electron chi connectivity index (χ3n) is 5.28. The normalized spacial score (nSPS) is 17.4. The predicted molar refractivity (Wildman–Crippen MR) is 124 cm³/mol. The fourth-order valence-corrected chi connectivity index (χ4v) is 4.26. The highest BCUT2D eigenvalue weighted by molar-refractivity contribution is 8.18. The van der Waals surface area contributed by atoms with Crippen LogP contribution in [0.2, 0.25) is 0 Å². The summed E-state index contributed by atoms with van der Waals surface area (Å²) in [7, 11) is 0. The van der Waals surface area contributed by atoms with E-state index in [1.807, 2.05) is 0 Å². The molecule has 4 rings (SSSR count). The summed E-state index contributed by atoms with van der Waals surface area (Å²) >= 11 is 0.776. The first-order valence-corrected chi connectivity index (χ1v) is 11.3. The minimum absolute atomic E-state index is 0.00743. The summed E-state index contributed by atoms with van der Waals surface area (Å²) < 4.78 is 11.1. The lowest BCUT2D eigenvalue weighted by Gasteiger charge is -2.28. The number of imide groups is 1. The molecule has 176 valence electrons. The lowest BCUT2D eigenvalue weighted by Crippen LogP contribution is -2.46. The molecule has 2 heterocycles. The zero-order valence-electron chi connectivity index (χ0n) is 18.0. The summed E-state index contributed by atoms with van der Waals surface area (Å²) in [5.74, 6) is -0.336. The highest BCUT2D eigenvalue weighted by atomic mass is 32.2. The zero-order chi connectivity index (χ0) is 24.1. The molecule has 2 aliphatic rings. The number of amides is 3. The maximum atomic E-state index is 12.8. The van der Waals surface area contributed by atoms with Crippen LogP contribution in [-0.2, 0) is 20.9 Å². The highest BCUT2D eigenvalue weighted by Gasteiger charge is 2.37. The molecule has 3 amide bonds.